The molecule has 1 heterocycles. The van der Waals surface area contributed by atoms with E-state index in [9.17, 15) is 0 Å². The molecule has 0 bridgehead atoms. The molecule has 0 amide bonds. The summed E-state index contributed by atoms with van der Waals surface area (Å²) in [6.07, 6.45) is -0.977. The standard InChI is InChI=1S/C22H24Cl4N2/c1-11(2)22-27(18-12(3)7-16(23)8-13(18)4)20(25)21(26)28(22)19-14(5)9-17(24)10-15(19)6/h7-11,22H,1-6H3/i3D3,4D3,7D,8D,9D,10D. The van der Waals surface area contributed by atoms with Crippen LogP contribution in [0.15, 0.2) is 34.5 Å². The first-order chi connectivity index (χ1) is 17.2. The van der Waals surface area contributed by atoms with E-state index < -0.39 is 59.7 Å². The van der Waals surface area contributed by atoms with Crippen LogP contribution in [0.5, 0.6) is 0 Å². The quantitative estimate of drug-likeness (QED) is 0.420. The van der Waals surface area contributed by atoms with Crippen LogP contribution in [0.25, 0.3) is 0 Å². The van der Waals surface area contributed by atoms with E-state index in [1.165, 1.54) is 9.80 Å². The normalized spacial score (nSPS) is 23.4. The van der Waals surface area contributed by atoms with Crippen molar-refractivity contribution in [2.75, 3.05) is 9.80 Å². The fourth-order valence-corrected chi connectivity index (χ4v) is 4.48. The second-order valence-corrected chi connectivity index (χ2v) is 8.28. The van der Waals surface area contributed by atoms with E-state index in [0.717, 1.165) is 0 Å². The molecule has 0 spiro atoms. The highest BCUT2D eigenvalue weighted by Crippen LogP contribution is 2.47. The predicted octanol–water partition coefficient (Wildman–Crippen LogP) is 8.14. The fourth-order valence-electron chi connectivity index (χ4n) is 3.46. The molecule has 0 radical (unpaired) electrons. The van der Waals surface area contributed by atoms with Crippen LogP contribution in [0.3, 0.4) is 0 Å². The first kappa shape index (κ1) is 12.0. The lowest BCUT2D eigenvalue weighted by Gasteiger charge is -2.38. The molecule has 1 aliphatic heterocycles. The first-order valence-electron chi connectivity index (χ1n) is 13.4. The Balaban J connectivity index is 2.54. The molecule has 0 aromatic heterocycles. The van der Waals surface area contributed by atoms with E-state index in [1.54, 1.807) is 27.7 Å². The van der Waals surface area contributed by atoms with Crippen LogP contribution in [0.2, 0.25) is 10.0 Å². The van der Waals surface area contributed by atoms with Gasteiger partial charge in [-0.25, -0.2) is 0 Å². The van der Waals surface area contributed by atoms with Gasteiger partial charge in [-0.2, -0.15) is 0 Å². The van der Waals surface area contributed by atoms with E-state index >= 15 is 0 Å². The van der Waals surface area contributed by atoms with Crippen molar-refractivity contribution in [3.63, 3.8) is 0 Å². The summed E-state index contributed by atoms with van der Waals surface area (Å²) in [5.74, 6) is -0.425. The van der Waals surface area contributed by atoms with Crippen molar-refractivity contribution < 1.29 is 13.7 Å². The van der Waals surface area contributed by atoms with Gasteiger partial charge < -0.3 is 9.80 Å². The Kier molecular flexibility index (Phi) is 3.41. The van der Waals surface area contributed by atoms with Gasteiger partial charge in [-0.05, 0) is 79.9 Å². The van der Waals surface area contributed by atoms with Crippen LogP contribution < -0.4 is 9.80 Å². The molecule has 6 heteroatoms. The molecule has 2 aromatic rings. The summed E-state index contributed by atoms with van der Waals surface area (Å²) in [5, 5.41) is -1.05. The van der Waals surface area contributed by atoms with E-state index in [0.29, 0.717) is 16.8 Å². The van der Waals surface area contributed by atoms with E-state index in [2.05, 4.69) is 0 Å². The number of nitrogens with zero attached hydrogens (tertiary/aromatic N) is 2. The van der Waals surface area contributed by atoms with Crippen molar-refractivity contribution in [2.45, 2.75) is 47.6 Å². The molecule has 0 saturated heterocycles. The molecule has 2 nitrogen and oxygen atoms in total. The molecule has 0 saturated carbocycles. The molecule has 1 unspecified atom stereocenters. The smallest absolute Gasteiger partial charge is 0.147 e. The van der Waals surface area contributed by atoms with E-state index in [1.807, 2.05) is 0 Å². The second-order valence-electron chi connectivity index (χ2n) is 6.80. The lowest BCUT2D eigenvalue weighted by Crippen LogP contribution is -2.45. The summed E-state index contributed by atoms with van der Waals surface area (Å²) in [7, 11) is 0. The molecule has 3 rings (SSSR count). The van der Waals surface area contributed by atoms with Gasteiger partial charge in [0.05, 0.1) is 5.48 Å². The third-order valence-corrected chi connectivity index (χ3v) is 5.65. The van der Waals surface area contributed by atoms with Crippen LogP contribution in [0.1, 0.15) is 49.8 Å². The van der Waals surface area contributed by atoms with Crippen molar-refractivity contribution in [1.82, 2.24) is 0 Å². The zero-order valence-corrected chi connectivity index (χ0v) is 18.6. The molecule has 28 heavy (non-hydrogen) atoms. The molecule has 0 N–H and O–H groups in total. The van der Waals surface area contributed by atoms with Crippen molar-refractivity contribution >= 4 is 57.8 Å². The largest absolute Gasteiger partial charge is 0.307 e. The molecule has 0 aliphatic carbocycles. The summed E-state index contributed by atoms with van der Waals surface area (Å²) in [6, 6.07) is -1.67. The van der Waals surface area contributed by atoms with E-state index in [-0.39, 0.29) is 27.4 Å². The number of rotatable bonds is 3. The van der Waals surface area contributed by atoms with Crippen LogP contribution in [-0.2, 0) is 0 Å². The van der Waals surface area contributed by atoms with Gasteiger partial charge in [-0.15, -0.1) is 0 Å². The van der Waals surface area contributed by atoms with Crippen molar-refractivity contribution in [3.05, 3.63) is 66.8 Å². The van der Waals surface area contributed by atoms with Crippen molar-refractivity contribution in [1.29, 1.82) is 0 Å². The summed E-state index contributed by atoms with van der Waals surface area (Å²) in [4.78, 5) is 2.70. The van der Waals surface area contributed by atoms with Crippen LogP contribution >= 0.6 is 46.4 Å². The minimum Gasteiger partial charge on any atom is -0.307 e. The van der Waals surface area contributed by atoms with Gasteiger partial charge >= 0.3 is 0 Å². The van der Waals surface area contributed by atoms with Gasteiger partial charge in [-0.3, -0.25) is 0 Å². The predicted molar refractivity (Wildman–Crippen MR) is 124 cm³/mol. The van der Waals surface area contributed by atoms with Gasteiger partial charge in [0.25, 0.3) is 0 Å². The zero-order chi connectivity index (χ0) is 29.4. The molecule has 2 aromatic carbocycles. The topological polar surface area (TPSA) is 6.48 Å². The Morgan fingerprint density at radius 3 is 1.50 bits per heavy atom. The third kappa shape index (κ3) is 3.61. The summed E-state index contributed by atoms with van der Waals surface area (Å²) < 4.78 is 82.6. The Morgan fingerprint density at radius 2 is 1.14 bits per heavy atom. The van der Waals surface area contributed by atoms with Gasteiger partial charge in [-0.1, -0.05) is 60.3 Å². The Bertz CT molecular complexity index is 1280. The number of hydrogen-bond donors (Lipinski definition) is 0. The molecular formula is C22H24Cl4N2. The molecule has 150 valence electrons. The summed E-state index contributed by atoms with van der Waals surface area (Å²) >= 11 is 25.8. The van der Waals surface area contributed by atoms with Crippen LogP contribution in [0.4, 0.5) is 11.4 Å². The average Bonchev–Trinajstić information content (AvgIpc) is 3.03. The minimum absolute atomic E-state index is 0.0585. The maximum Gasteiger partial charge on any atom is 0.147 e. The Hall–Kier alpha value is -1.06. The Morgan fingerprint density at radius 1 is 0.786 bits per heavy atom. The number of halogens is 4. The molecule has 1 atom stereocenters. The number of benzene rings is 2. The fraction of sp³-hybridized carbons (Fsp3) is 0.364. The summed E-state index contributed by atoms with van der Waals surface area (Å²) in [6.45, 7) is 0.715. The minimum atomic E-state index is -3.02. The molecule has 0 fully saturated rings. The van der Waals surface area contributed by atoms with Crippen molar-refractivity contribution in [3.8, 4) is 0 Å². The van der Waals surface area contributed by atoms with Crippen LogP contribution in [0, 0.1) is 33.5 Å². The lowest BCUT2D eigenvalue weighted by atomic mass is 10.0. The van der Waals surface area contributed by atoms with Gasteiger partial charge in [0.15, 0.2) is 0 Å². The highest BCUT2D eigenvalue weighted by molar-refractivity contribution is 6.42. The number of hydrogen-bond acceptors (Lipinski definition) is 2. The SMILES string of the molecule is [2H]c1c(C)c(N2C(Cl)=C(Cl)N(c3c(C([2H])([2H])[2H])c([2H])c(Cl)c([2H])c3C([2H])([2H])[2H])C2C(C)C)c(C)c([2H])c1Cl. The van der Waals surface area contributed by atoms with Crippen molar-refractivity contribution in [2.24, 2.45) is 5.92 Å². The maximum atomic E-state index is 8.46. The van der Waals surface area contributed by atoms with Gasteiger partial charge in [0.2, 0.25) is 0 Å². The number of anilines is 2. The van der Waals surface area contributed by atoms with Gasteiger partial charge in [0.1, 0.15) is 16.5 Å². The first-order valence-corrected chi connectivity index (χ1v) is 9.92. The lowest BCUT2D eigenvalue weighted by molar-refractivity contribution is 0.497. The highest BCUT2D eigenvalue weighted by atomic mass is 35.5. The Labute approximate surface area is 201 Å². The third-order valence-electron chi connectivity index (χ3n) is 4.45. The van der Waals surface area contributed by atoms with E-state index in [4.69, 9.17) is 60.1 Å². The van der Waals surface area contributed by atoms with Gasteiger partial charge in [0, 0.05) is 29.6 Å². The molecular weight excluding hydrogens is 434 g/mol. The maximum absolute atomic E-state index is 8.46. The highest BCUT2D eigenvalue weighted by Gasteiger charge is 2.42. The van der Waals surface area contributed by atoms with Crippen LogP contribution in [-0.4, -0.2) is 6.17 Å². The summed E-state index contributed by atoms with van der Waals surface area (Å²) in [5.41, 5.74) is -0.798. The molecule has 1 aliphatic rings. The average molecular weight is 468 g/mol. The monoisotopic (exact) mass is 466 g/mol. The zero-order valence-electron chi connectivity index (χ0n) is 25.6. The second kappa shape index (κ2) is 7.99.